The molecule has 150 valence electrons. The van der Waals surface area contributed by atoms with Crippen molar-refractivity contribution >= 4 is 22.8 Å². The van der Waals surface area contributed by atoms with E-state index in [-0.39, 0.29) is 12.5 Å². The fourth-order valence-electron chi connectivity index (χ4n) is 3.76. The van der Waals surface area contributed by atoms with Gasteiger partial charge in [-0.05, 0) is 66.6 Å². The van der Waals surface area contributed by atoms with Gasteiger partial charge in [0, 0.05) is 17.5 Å². The Morgan fingerprint density at radius 2 is 1.86 bits per heavy atom. The summed E-state index contributed by atoms with van der Waals surface area (Å²) < 4.78 is 10.8. The molecule has 1 aromatic heterocycles. The van der Waals surface area contributed by atoms with Gasteiger partial charge in [-0.1, -0.05) is 12.1 Å². The third-order valence-corrected chi connectivity index (χ3v) is 5.24. The maximum absolute atomic E-state index is 12.4. The summed E-state index contributed by atoms with van der Waals surface area (Å²) in [5.74, 6) is -0.528. The number of hydrogen-bond acceptors (Lipinski definition) is 4. The molecule has 0 bridgehead atoms. The summed E-state index contributed by atoms with van der Waals surface area (Å²) in [6.45, 7) is 0.167. The summed E-state index contributed by atoms with van der Waals surface area (Å²) >= 11 is 0. The van der Waals surface area contributed by atoms with Gasteiger partial charge in [0.1, 0.15) is 11.3 Å². The van der Waals surface area contributed by atoms with E-state index < -0.39 is 5.97 Å². The Morgan fingerprint density at radius 3 is 2.62 bits per heavy atom. The molecule has 2 N–H and O–H groups in total. The second kappa shape index (κ2) is 8.39. The van der Waals surface area contributed by atoms with E-state index in [2.05, 4.69) is 17.4 Å². The number of ether oxygens (including phenoxy) is 1. The maximum Gasteiger partial charge on any atom is 0.341 e. The highest BCUT2D eigenvalue weighted by Gasteiger charge is 2.16. The summed E-state index contributed by atoms with van der Waals surface area (Å²) in [6, 6.07) is 11.5. The number of furan rings is 1. The third kappa shape index (κ3) is 4.59. The first kappa shape index (κ1) is 19.1. The van der Waals surface area contributed by atoms with Crippen molar-refractivity contribution in [1.82, 2.24) is 5.32 Å². The topological polar surface area (TPSA) is 88.8 Å². The molecule has 1 aliphatic rings. The number of benzene rings is 2. The van der Waals surface area contributed by atoms with E-state index in [4.69, 9.17) is 14.3 Å². The number of rotatable bonds is 8. The van der Waals surface area contributed by atoms with Gasteiger partial charge in [0.05, 0.1) is 12.7 Å². The molecule has 3 aromatic rings. The van der Waals surface area contributed by atoms with E-state index in [1.807, 2.05) is 12.1 Å². The lowest BCUT2D eigenvalue weighted by molar-refractivity contribution is -0.139. The number of carboxylic acids is 1. The van der Waals surface area contributed by atoms with Crippen LogP contribution in [0.15, 0.2) is 47.1 Å². The van der Waals surface area contributed by atoms with Crippen LogP contribution < -0.4 is 10.1 Å². The molecule has 1 heterocycles. The SMILES string of the molecule is O=C(O)COc1ccc(CCNC(=O)Cc2coc3cc4c(cc23)CCC4)cc1. The highest BCUT2D eigenvalue weighted by molar-refractivity contribution is 5.88. The lowest BCUT2D eigenvalue weighted by Crippen LogP contribution is -2.27. The fourth-order valence-corrected chi connectivity index (χ4v) is 3.76. The van der Waals surface area contributed by atoms with Gasteiger partial charge in [-0.2, -0.15) is 0 Å². The molecular weight excluding hydrogens is 370 g/mol. The Kier molecular flexibility index (Phi) is 5.51. The summed E-state index contributed by atoms with van der Waals surface area (Å²) in [4.78, 5) is 22.9. The van der Waals surface area contributed by atoms with E-state index in [0.717, 1.165) is 34.9 Å². The number of carbonyl (C=O) groups is 2. The van der Waals surface area contributed by atoms with Gasteiger partial charge in [-0.25, -0.2) is 4.79 Å². The number of nitrogens with one attached hydrogen (secondary N) is 1. The first-order chi connectivity index (χ1) is 14.1. The van der Waals surface area contributed by atoms with Gasteiger partial charge in [0.15, 0.2) is 6.61 Å². The zero-order valence-corrected chi connectivity index (χ0v) is 16.1. The number of amides is 1. The summed E-state index contributed by atoms with van der Waals surface area (Å²) in [5.41, 5.74) is 5.56. The second-order valence-corrected chi connectivity index (χ2v) is 7.33. The molecule has 0 radical (unpaired) electrons. The predicted molar refractivity (Wildman–Crippen MR) is 108 cm³/mol. The molecule has 6 nitrogen and oxygen atoms in total. The average Bonchev–Trinajstić information content (AvgIpc) is 3.32. The maximum atomic E-state index is 12.4. The molecule has 0 saturated carbocycles. The monoisotopic (exact) mass is 393 g/mol. The van der Waals surface area contributed by atoms with Crippen molar-refractivity contribution in [2.45, 2.75) is 32.1 Å². The van der Waals surface area contributed by atoms with Crippen molar-refractivity contribution in [2.75, 3.05) is 13.2 Å². The molecule has 0 unspecified atom stereocenters. The third-order valence-electron chi connectivity index (χ3n) is 5.24. The highest BCUT2D eigenvalue weighted by atomic mass is 16.5. The number of fused-ring (bicyclic) bond motifs is 2. The highest BCUT2D eigenvalue weighted by Crippen LogP contribution is 2.30. The Balaban J connectivity index is 1.28. The summed E-state index contributed by atoms with van der Waals surface area (Å²) in [7, 11) is 0. The Hall–Kier alpha value is -3.28. The van der Waals surface area contributed by atoms with Gasteiger partial charge in [0.2, 0.25) is 5.91 Å². The van der Waals surface area contributed by atoms with Crippen LogP contribution in [0.5, 0.6) is 5.75 Å². The summed E-state index contributed by atoms with van der Waals surface area (Å²) in [5, 5.41) is 12.6. The standard InChI is InChI=1S/C23H23NO5/c25-22(24-9-8-15-4-6-19(7-5-15)28-14-23(26)27)12-18-13-29-21-11-17-3-1-2-16(17)10-20(18)21/h4-7,10-11,13H,1-3,8-9,12,14H2,(H,24,25)(H,26,27). The van der Waals surface area contributed by atoms with Crippen LogP contribution in [0.3, 0.4) is 0 Å². The van der Waals surface area contributed by atoms with Gasteiger partial charge in [-0.3, -0.25) is 4.79 Å². The molecule has 1 aliphatic carbocycles. The van der Waals surface area contributed by atoms with E-state index in [9.17, 15) is 9.59 Å². The quantitative estimate of drug-likeness (QED) is 0.613. The molecular formula is C23H23NO5. The minimum Gasteiger partial charge on any atom is -0.482 e. The number of carboxylic acid groups (broad SMARTS) is 1. The van der Waals surface area contributed by atoms with E-state index >= 15 is 0 Å². The molecule has 4 rings (SSSR count). The van der Waals surface area contributed by atoms with Gasteiger partial charge in [-0.15, -0.1) is 0 Å². The van der Waals surface area contributed by atoms with Crippen LogP contribution in [-0.4, -0.2) is 30.1 Å². The molecule has 0 spiro atoms. The van der Waals surface area contributed by atoms with Crippen molar-refractivity contribution < 1.29 is 23.8 Å². The van der Waals surface area contributed by atoms with Gasteiger partial charge in [0.25, 0.3) is 0 Å². The second-order valence-electron chi connectivity index (χ2n) is 7.33. The van der Waals surface area contributed by atoms with E-state index in [0.29, 0.717) is 25.1 Å². The smallest absolute Gasteiger partial charge is 0.341 e. The van der Waals surface area contributed by atoms with Gasteiger partial charge >= 0.3 is 5.97 Å². The molecule has 29 heavy (non-hydrogen) atoms. The first-order valence-electron chi connectivity index (χ1n) is 9.80. The van der Waals surface area contributed by atoms with Crippen LogP contribution in [0.25, 0.3) is 11.0 Å². The van der Waals surface area contributed by atoms with Crippen LogP contribution in [-0.2, 0) is 35.3 Å². The Bertz CT molecular complexity index is 1040. The molecule has 6 heteroatoms. The Labute approximate surface area is 168 Å². The van der Waals surface area contributed by atoms with Crippen molar-refractivity contribution in [3.8, 4) is 5.75 Å². The largest absolute Gasteiger partial charge is 0.482 e. The number of aryl methyl sites for hydroxylation is 2. The van der Waals surface area contributed by atoms with Crippen LogP contribution >= 0.6 is 0 Å². The fraction of sp³-hybridized carbons (Fsp3) is 0.304. The zero-order valence-electron chi connectivity index (χ0n) is 16.1. The lowest BCUT2D eigenvalue weighted by atomic mass is 10.0. The molecule has 1 amide bonds. The van der Waals surface area contributed by atoms with E-state index in [1.165, 1.54) is 17.5 Å². The van der Waals surface area contributed by atoms with Crippen molar-refractivity contribution in [3.05, 3.63) is 64.9 Å². The number of hydrogen-bond donors (Lipinski definition) is 2. The van der Waals surface area contributed by atoms with Crippen molar-refractivity contribution in [2.24, 2.45) is 0 Å². The molecule has 0 fully saturated rings. The number of aliphatic carboxylic acids is 1. The molecule has 2 aromatic carbocycles. The normalized spacial score (nSPS) is 12.7. The van der Waals surface area contributed by atoms with Crippen LogP contribution in [0, 0.1) is 0 Å². The lowest BCUT2D eigenvalue weighted by Gasteiger charge is -2.07. The van der Waals surface area contributed by atoms with E-state index in [1.54, 1.807) is 18.4 Å². The number of carbonyl (C=O) groups excluding carboxylic acids is 1. The van der Waals surface area contributed by atoms with Crippen molar-refractivity contribution in [3.63, 3.8) is 0 Å². The summed E-state index contributed by atoms with van der Waals surface area (Å²) in [6.07, 6.45) is 6.06. The molecule has 0 saturated heterocycles. The van der Waals surface area contributed by atoms with Gasteiger partial charge < -0.3 is 19.6 Å². The Morgan fingerprint density at radius 1 is 1.10 bits per heavy atom. The van der Waals surface area contributed by atoms with Crippen LogP contribution in [0.2, 0.25) is 0 Å². The minimum absolute atomic E-state index is 0.0328. The molecule has 0 aliphatic heterocycles. The first-order valence-corrected chi connectivity index (χ1v) is 9.80. The van der Waals surface area contributed by atoms with Crippen molar-refractivity contribution in [1.29, 1.82) is 0 Å². The molecule has 0 atom stereocenters. The average molecular weight is 393 g/mol. The van der Waals surface area contributed by atoms with Crippen LogP contribution in [0.1, 0.15) is 28.7 Å². The van der Waals surface area contributed by atoms with Crippen LogP contribution in [0.4, 0.5) is 0 Å². The minimum atomic E-state index is -1.01. The predicted octanol–water partition coefficient (Wildman–Crippen LogP) is 3.29. The zero-order chi connectivity index (χ0) is 20.2.